The summed E-state index contributed by atoms with van der Waals surface area (Å²) in [5.74, 6) is -0.467. The van der Waals surface area contributed by atoms with Gasteiger partial charge in [0.2, 0.25) is 5.91 Å². The number of aromatic nitrogens is 4. The van der Waals surface area contributed by atoms with Gasteiger partial charge in [-0.05, 0) is 52.4 Å². The molecule has 2 aromatic heterocycles. The smallest absolute Gasteiger partial charge is 0.342 e. The quantitative estimate of drug-likeness (QED) is 0.687. The van der Waals surface area contributed by atoms with E-state index in [9.17, 15) is 14.0 Å². The highest BCUT2D eigenvalue weighted by Gasteiger charge is 2.27. The van der Waals surface area contributed by atoms with E-state index in [4.69, 9.17) is 0 Å². The standard InChI is InChI=1S/C18H18FN5O2S/c19-15-5-2-1-4-13(15)12-16(25)22-9-7-14(8-10-22)23-18(26)24(21-20-23)17-6-3-11-27-17/h1-6,11,14H,7-10,12H2. The Balaban J connectivity index is 1.40. The van der Waals surface area contributed by atoms with Crippen molar-refractivity contribution in [3.8, 4) is 5.00 Å². The number of carbonyl (C=O) groups is 1. The summed E-state index contributed by atoms with van der Waals surface area (Å²) in [7, 11) is 0. The van der Waals surface area contributed by atoms with Crippen LogP contribution in [0.3, 0.4) is 0 Å². The number of hydrogen-bond donors (Lipinski definition) is 0. The van der Waals surface area contributed by atoms with Crippen LogP contribution in [0.1, 0.15) is 24.4 Å². The van der Waals surface area contributed by atoms with Gasteiger partial charge in [0.05, 0.1) is 12.5 Å². The Morgan fingerprint density at radius 1 is 1.15 bits per heavy atom. The minimum atomic E-state index is -0.363. The van der Waals surface area contributed by atoms with E-state index < -0.39 is 0 Å². The van der Waals surface area contributed by atoms with Crippen molar-refractivity contribution < 1.29 is 9.18 Å². The van der Waals surface area contributed by atoms with Gasteiger partial charge in [-0.15, -0.1) is 11.3 Å². The first-order valence-corrected chi connectivity index (χ1v) is 9.61. The lowest BCUT2D eigenvalue weighted by Gasteiger charge is -2.31. The zero-order chi connectivity index (χ0) is 18.8. The molecule has 1 aliphatic heterocycles. The molecule has 7 nitrogen and oxygen atoms in total. The third-order valence-corrected chi connectivity index (χ3v) is 5.62. The average Bonchev–Trinajstić information content (AvgIpc) is 3.33. The van der Waals surface area contributed by atoms with Crippen LogP contribution in [0.5, 0.6) is 0 Å². The fourth-order valence-corrected chi connectivity index (χ4v) is 3.96. The number of thiophene rings is 1. The third-order valence-electron chi connectivity index (χ3n) is 4.78. The number of benzene rings is 1. The molecule has 4 rings (SSSR count). The zero-order valence-electron chi connectivity index (χ0n) is 14.5. The Labute approximate surface area is 158 Å². The number of amides is 1. The van der Waals surface area contributed by atoms with Crippen molar-refractivity contribution in [2.75, 3.05) is 13.1 Å². The lowest BCUT2D eigenvalue weighted by molar-refractivity contribution is -0.131. The summed E-state index contributed by atoms with van der Waals surface area (Å²) in [5.41, 5.74) is 0.133. The van der Waals surface area contributed by atoms with Crippen molar-refractivity contribution in [2.24, 2.45) is 0 Å². The Hall–Kier alpha value is -2.81. The number of nitrogens with zero attached hydrogens (tertiary/aromatic N) is 5. The Kier molecular flexibility index (Phi) is 4.85. The molecule has 1 fully saturated rings. The molecule has 0 aliphatic carbocycles. The molecule has 1 saturated heterocycles. The van der Waals surface area contributed by atoms with E-state index in [2.05, 4.69) is 10.4 Å². The van der Waals surface area contributed by atoms with E-state index in [1.165, 1.54) is 26.8 Å². The third kappa shape index (κ3) is 3.55. The molecule has 0 bridgehead atoms. The largest absolute Gasteiger partial charge is 0.369 e. The van der Waals surface area contributed by atoms with Crippen LogP contribution in [0, 0.1) is 5.82 Å². The predicted molar refractivity (Wildman–Crippen MR) is 98.5 cm³/mol. The second-order valence-corrected chi connectivity index (χ2v) is 7.38. The molecule has 0 radical (unpaired) electrons. The lowest BCUT2D eigenvalue weighted by atomic mass is 10.0. The number of piperidine rings is 1. The van der Waals surface area contributed by atoms with Crippen molar-refractivity contribution in [2.45, 2.75) is 25.3 Å². The number of tetrazole rings is 1. The second kappa shape index (κ2) is 7.43. The summed E-state index contributed by atoms with van der Waals surface area (Å²) in [6.07, 6.45) is 1.28. The van der Waals surface area contributed by atoms with Gasteiger partial charge in [-0.2, -0.15) is 9.36 Å². The van der Waals surface area contributed by atoms with Crippen molar-refractivity contribution in [1.82, 2.24) is 24.7 Å². The maximum absolute atomic E-state index is 13.7. The van der Waals surface area contributed by atoms with Gasteiger partial charge in [0.25, 0.3) is 0 Å². The van der Waals surface area contributed by atoms with Crippen LogP contribution in [-0.4, -0.2) is 43.7 Å². The van der Waals surface area contributed by atoms with Gasteiger partial charge >= 0.3 is 5.69 Å². The minimum absolute atomic E-state index is 0.0475. The number of likely N-dealkylation sites (tertiary alicyclic amines) is 1. The van der Waals surface area contributed by atoms with Crippen molar-refractivity contribution in [1.29, 1.82) is 0 Å². The highest BCUT2D eigenvalue weighted by molar-refractivity contribution is 7.12. The predicted octanol–water partition coefficient (Wildman–Crippen LogP) is 2.04. The van der Waals surface area contributed by atoms with Crippen molar-refractivity contribution in [3.05, 3.63) is 63.6 Å². The van der Waals surface area contributed by atoms with E-state index in [1.807, 2.05) is 17.5 Å². The Morgan fingerprint density at radius 2 is 1.93 bits per heavy atom. The molecule has 3 aromatic rings. The maximum Gasteiger partial charge on any atom is 0.369 e. The van der Waals surface area contributed by atoms with Gasteiger partial charge in [-0.25, -0.2) is 9.18 Å². The minimum Gasteiger partial charge on any atom is -0.342 e. The van der Waals surface area contributed by atoms with Gasteiger partial charge in [-0.1, -0.05) is 18.2 Å². The molecular weight excluding hydrogens is 369 g/mol. The van der Waals surface area contributed by atoms with Gasteiger partial charge in [0, 0.05) is 13.1 Å². The summed E-state index contributed by atoms with van der Waals surface area (Å²) in [6.45, 7) is 1.02. The number of halogens is 1. The normalized spacial score (nSPS) is 15.2. The molecule has 0 N–H and O–H groups in total. The first kappa shape index (κ1) is 17.6. The molecule has 140 valence electrons. The summed E-state index contributed by atoms with van der Waals surface area (Å²) >= 11 is 1.42. The van der Waals surface area contributed by atoms with Crippen molar-refractivity contribution >= 4 is 17.2 Å². The molecule has 27 heavy (non-hydrogen) atoms. The van der Waals surface area contributed by atoms with Crippen LogP contribution in [0.4, 0.5) is 4.39 Å². The van der Waals surface area contributed by atoms with Gasteiger partial charge in [0.1, 0.15) is 10.8 Å². The highest BCUT2D eigenvalue weighted by atomic mass is 32.1. The monoisotopic (exact) mass is 387 g/mol. The molecular formula is C18H18FN5O2S. The highest BCUT2D eigenvalue weighted by Crippen LogP contribution is 2.21. The summed E-state index contributed by atoms with van der Waals surface area (Å²) in [5, 5.41) is 10.6. The molecule has 0 atom stereocenters. The molecule has 0 saturated carbocycles. The molecule has 1 aliphatic rings. The fraction of sp³-hybridized carbons (Fsp3) is 0.333. The lowest BCUT2D eigenvalue weighted by Crippen LogP contribution is -2.41. The summed E-state index contributed by atoms with van der Waals surface area (Å²) in [6, 6.07) is 9.89. The molecule has 1 aromatic carbocycles. The van der Waals surface area contributed by atoms with Crippen LogP contribution in [0.25, 0.3) is 5.00 Å². The number of rotatable bonds is 4. The Morgan fingerprint density at radius 3 is 2.63 bits per heavy atom. The SMILES string of the molecule is O=C(Cc1ccccc1F)N1CCC(n2nnn(-c3cccs3)c2=O)CC1. The van der Waals surface area contributed by atoms with Gasteiger partial charge in [-0.3, -0.25) is 4.79 Å². The van der Waals surface area contributed by atoms with Crippen LogP contribution in [-0.2, 0) is 11.2 Å². The van der Waals surface area contributed by atoms with Crippen LogP contribution in [0.2, 0.25) is 0 Å². The maximum atomic E-state index is 13.7. The zero-order valence-corrected chi connectivity index (χ0v) is 15.3. The topological polar surface area (TPSA) is 73.0 Å². The molecule has 9 heteroatoms. The Bertz CT molecular complexity index is 989. The number of carbonyl (C=O) groups excluding carboxylic acids is 1. The first-order chi connectivity index (χ1) is 13.1. The van der Waals surface area contributed by atoms with Crippen molar-refractivity contribution in [3.63, 3.8) is 0 Å². The molecule has 3 heterocycles. The molecule has 0 unspecified atom stereocenters. The van der Waals surface area contributed by atoms with E-state index >= 15 is 0 Å². The van der Waals surface area contributed by atoms with E-state index in [-0.39, 0.29) is 29.9 Å². The molecule has 1 amide bonds. The van der Waals surface area contributed by atoms with Crippen LogP contribution in [0.15, 0.2) is 46.6 Å². The number of hydrogen-bond acceptors (Lipinski definition) is 5. The van der Waals surface area contributed by atoms with Gasteiger partial charge < -0.3 is 4.90 Å². The van der Waals surface area contributed by atoms with Crippen LogP contribution >= 0.6 is 11.3 Å². The first-order valence-electron chi connectivity index (χ1n) is 8.73. The van der Waals surface area contributed by atoms with E-state index in [0.717, 1.165) is 5.00 Å². The van der Waals surface area contributed by atoms with Gasteiger partial charge in [0.15, 0.2) is 0 Å². The second-order valence-electron chi connectivity index (χ2n) is 6.45. The van der Waals surface area contributed by atoms with E-state index in [1.54, 1.807) is 23.1 Å². The fourth-order valence-electron chi connectivity index (χ4n) is 3.29. The molecule has 0 spiro atoms. The average molecular weight is 387 g/mol. The summed E-state index contributed by atoms with van der Waals surface area (Å²) < 4.78 is 16.4. The summed E-state index contributed by atoms with van der Waals surface area (Å²) in [4.78, 5) is 26.7. The van der Waals surface area contributed by atoms with Crippen LogP contribution < -0.4 is 5.69 Å². The van der Waals surface area contributed by atoms with E-state index in [0.29, 0.717) is 31.5 Å².